The van der Waals surface area contributed by atoms with Gasteiger partial charge >= 0.3 is 0 Å². The van der Waals surface area contributed by atoms with E-state index in [1.807, 2.05) is 71.5 Å². The minimum Gasteiger partial charge on any atom is -0.355 e. The summed E-state index contributed by atoms with van der Waals surface area (Å²) in [5.74, 6) is 0.456. The average molecular weight is 344 g/mol. The smallest absolute Gasteiger partial charge is 0.265 e. The van der Waals surface area contributed by atoms with Gasteiger partial charge in [0.2, 0.25) is 0 Å². The predicted octanol–water partition coefficient (Wildman–Crippen LogP) is 2.45. The largest absolute Gasteiger partial charge is 0.355 e. The second-order valence-electron chi connectivity index (χ2n) is 5.47. The molecule has 2 aromatic heterocycles. The molecular formula is C18H16N8. The van der Waals surface area contributed by atoms with E-state index in [1.165, 1.54) is 4.79 Å². The third-order valence-electron chi connectivity index (χ3n) is 3.79. The Labute approximate surface area is 149 Å². The van der Waals surface area contributed by atoms with Crippen LogP contribution in [0.2, 0.25) is 0 Å². The summed E-state index contributed by atoms with van der Waals surface area (Å²) in [6.45, 7) is 0. The van der Waals surface area contributed by atoms with Crippen molar-refractivity contribution in [2.24, 2.45) is 5.10 Å². The quantitative estimate of drug-likeness (QED) is 0.562. The molecule has 128 valence electrons. The third kappa shape index (κ3) is 3.07. The molecule has 0 radical (unpaired) electrons. The summed E-state index contributed by atoms with van der Waals surface area (Å²) in [6.07, 6.45) is 3.64. The molecule has 1 N–H and O–H groups in total. The molecule has 0 aliphatic heterocycles. The highest BCUT2D eigenvalue weighted by atomic mass is 15.7. The fourth-order valence-electron chi connectivity index (χ4n) is 2.54. The van der Waals surface area contributed by atoms with E-state index < -0.39 is 0 Å². The summed E-state index contributed by atoms with van der Waals surface area (Å²) in [4.78, 5) is 1.33. The molecule has 0 fully saturated rings. The SMILES string of the molecule is CNc1nnnn1/N=C/c1cn(-c2ccccc2)nc1-c1ccccc1. The van der Waals surface area contributed by atoms with Crippen LogP contribution in [-0.4, -0.2) is 43.4 Å². The number of hydrogen-bond donors (Lipinski definition) is 1. The van der Waals surface area contributed by atoms with Gasteiger partial charge in [0.1, 0.15) is 5.69 Å². The van der Waals surface area contributed by atoms with Crippen LogP contribution in [0.25, 0.3) is 16.9 Å². The second-order valence-corrected chi connectivity index (χ2v) is 5.47. The van der Waals surface area contributed by atoms with Crippen molar-refractivity contribution < 1.29 is 0 Å². The molecule has 0 unspecified atom stereocenters. The van der Waals surface area contributed by atoms with Crippen molar-refractivity contribution in [3.63, 3.8) is 0 Å². The summed E-state index contributed by atoms with van der Waals surface area (Å²) < 4.78 is 1.84. The normalized spacial score (nSPS) is 11.1. The molecule has 0 bridgehead atoms. The molecule has 0 aliphatic carbocycles. The van der Waals surface area contributed by atoms with E-state index in [1.54, 1.807) is 13.3 Å². The molecule has 0 spiro atoms. The zero-order valence-electron chi connectivity index (χ0n) is 14.1. The minimum atomic E-state index is 0.456. The molecule has 4 aromatic rings. The van der Waals surface area contributed by atoms with Gasteiger partial charge < -0.3 is 5.32 Å². The summed E-state index contributed by atoms with van der Waals surface area (Å²) in [5, 5.41) is 23.2. The standard InChI is InChI=1S/C18H16N8/c1-19-18-21-23-24-26(18)20-12-15-13-25(16-10-6-3-7-11-16)22-17(15)14-8-4-2-5-9-14/h2-13H,1H3,(H,19,21,24)/b20-12+. The topological polar surface area (TPSA) is 85.8 Å². The minimum absolute atomic E-state index is 0.456. The number of aromatic nitrogens is 6. The van der Waals surface area contributed by atoms with Gasteiger partial charge in [0.25, 0.3) is 5.95 Å². The molecular weight excluding hydrogens is 328 g/mol. The molecule has 0 saturated heterocycles. The Morgan fingerprint density at radius 1 is 1.00 bits per heavy atom. The summed E-state index contributed by atoms with van der Waals surface area (Å²) >= 11 is 0. The van der Waals surface area contributed by atoms with Crippen molar-refractivity contribution in [2.75, 3.05) is 12.4 Å². The molecule has 8 heteroatoms. The molecule has 4 rings (SSSR count). The van der Waals surface area contributed by atoms with Gasteiger partial charge in [-0.15, -0.1) is 0 Å². The van der Waals surface area contributed by atoms with Gasteiger partial charge in [-0.2, -0.15) is 10.2 Å². The van der Waals surface area contributed by atoms with Crippen molar-refractivity contribution in [1.29, 1.82) is 0 Å². The number of nitrogens with one attached hydrogen (secondary N) is 1. The summed E-state index contributed by atoms with van der Waals surface area (Å²) in [5.41, 5.74) is 3.67. The first-order valence-corrected chi connectivity index (χ1v) is 8.06. The Morgan fingerprint density at radius 2 is 1.73 bits per heavy atom. The van der Waals surface area contributed by atoms with Gasteiger partial charge in [0.05, 0.1) is 11.9 Å². The number of benzene rings is 2. The van der Waals surface area contributed by atoms with Crippen LogP contribution in [0.15, 0.2) is 72.0 Å². The zero-order chi connectivity index (χ0) is 17.8. The first-order chi connectivity index (χ1) is 12.8. The Bertz CT molecular complexity index is 1020. The van der Waals surface area contributed by atoms with Crippen LogP contribution in [-0.2, 0) is 0 Å². The number of rotatable bonds is 5. The van der Waals surface area contributed by atoms with Crippen LogP contribution in [0.3, 0.4) is 0 Å². The van der Waals surface area contributed by atoms with E-state index in [9.17, 15) is 0 Å². The van der Waals surface area contributed by atoms with Crippen molar-refractivity contribution >= 4 is 12.2 Å². The highest BCUT2D eigenvalue weighted by molar-refractivity contribution is 5.88. The van der Waals surface area contributed by atoms with Crippen LogP contribution < -0.4 is 5.32 Å². The monoisotopic (exact) mass is 344 g/mol. The van der Waals surface area contributed by atoms with Crippen LogP contribution >= 0.6 is 0 Å². The van der Waals surface area contributed by atoms with Crippen LogP contribution in [0.4, 0.5) is 5.95 Å². The van der Waals surface area contributed by atoms with Gasteiger partial charge in [-0.05, 0) is 22.6 Å². The number of nitrogens with zero attached hydrogens (tertiary/aromatic N) is 7. The molecule has 0 atom stereocenters. The van der Waals surface area contributed by atoms with Crippen LogP contribution in [0, 0.1) is 0 Å². The number of anilines is 1. The van der Waals surface area contributed by atoms with Gasteiger partial charge in [-0.3, -0.25) is 0 Å². The summed E-state index contributed by atoms with van der Waals surface area (Å²) in [7, 11) is 1.74. The molecule has 0 amide bonds. The first-order valence-electron chi connectivity index (χ1n) is 8.06. The second kappa shape index (κ2) is 6.98. The molecule has 0 saturated carbocycles. The molecule has 0 aliphatic rings. The van der Waals surface area contributed by atoms with E-state index >= 15 is 0 Å². The highest BCUT2D eigenvalue weighted by Crippen LogP contribution is 2.22. The maximum atomic E-state index is 4.74. The Morgan fingerprint density at radius 3 is 2.46 bits per heavy atom. The van der Waals surface area contributed by atoms with E-state index in [0.29, 0.717) is 5.95 Å². The zero-order valence-corrected chi connectivity index (χ0v) is 14.1. The van der Waals surface area contributed by atoms with Crippen molar-refractivity contribution in [1.82, 2.24) is 30.1 Å². The van der Waals surface area contributed by atoms with Crippen LogP contribution in [0.5, 0.6) is 0 Å². The third-order valence-corrected chi connectivity index (χ3v) is 3.79. The lowest BCUT2D eigenvalue weighted by Crippen LogP contribution is -2.00. The van der Waals surface area contributed by atoms with Crippen molar-refractivity contribution in [3.05, 3.63) is 72.4 Å². The Balaban J connectivity index is 1.78. The van der Waals surface area contributed by atoms with Crippen molar-refractivity contribution in [3.8, 4) is 16.9 Å². The first kappa shape index (κ1) is 15.7. The highest BCUT2D eigenvalue weighted by Gasteiger charge is 2.11. The van der Waals surface area contributed by atoms with Crippen LogP contribution in [0.1, 0.15) is 5.56 Å². The Kier molecular flexibility index (Phi) is 4.21. The number of para-hydroxylation sites is 1. The number of tetrazole rings is 1. The van der Waals surface area contributed by atoms with Gasteiger partial charge in [0, 0.05) is 24.4 Å². The van der Waals surface area contributed by atoms with E-state index in [0.717, 1.165) is 22.5 Å². The molecule has 2 heterocycles. The van der Waals surface area contributed by atoms with Gasteiger partial charge in [-0.1, -0.05) is 58.4 Å². The fourth-order valence-corrected chi connectivity index (χ4v) is 2.54. The average Bonchev–Trinajstić information content (AvgIpc) is 3.34. The molecule has 2 aromatic carbocycles. The Hall–Kier alpha value is -3.81. The van der Waals surface area contributed by atoms with Gasteiger partial charge in [-0.25, -0.2) is 4.68 Å². The van der Waals surface area contributed by atoms with E-state index in [-0.39, 0.29) is 0 Å². The fraction of sp³-hybridized carbons (Fsp3) is 0.0556. The van der Waals surface area contributed by atoms with Crippen molar-refractivity contribution in [2.45, 2.75) is 0 Å². The summed E-state index contributed by atoms with van der Waals surface area (Å²) in [6, 6.07) is 19.9. The molecule has 8 nitrogen and oxygen atoms in total. The van der Waals surface area contributed by atoms with E-state index in [2.05, 4.69) is 25.9 Å². The molecule has 26 heavy (non-hydrogen) atoms. The predicted molar refractivity (Wildman–Crippen MR) is 99.4 cm³/mol. The lowest BCUT2D eigenvalue weighted by molar-refractivity contribution is 0.698. The lowest BCUT2D eigenvalue weighted by Gasteiger charge is -2.00. The lowest BCUT2D eigenvalue weighted by atomic mass is 10.1. The van der Waals surface area contributed by atoms with E-state index in [4.69, 9.17) is 5.10 Å². The number of hydrogen-bond acceptors (Lipinski definition) is 6. The van der Waals surface area contributed by atoms with Gasteiger partial charge in [0.15, 0.2) is 0 Å². The maximum Gasteiger partial charge on any atom is 0.265 e. The maximum absolute atomic E-state index is 4.74.